The highest BCUT2D eigenvalue weighted by molar-refractivity contribution is 7.13. The molecular formula is C24H26N6O3S. The zero-order chi connectivity index (χ0) is 24.5. The lowest BCUT2D eigenvalue weighted by molar-refractivity contribution is -0.116. The van der Waals surface area contributed by atoms with Crippen molar-refractivity contribution in [3.8, 4) is 0 Å². The number of hydrogen-bond acceptors (Lipinski definition) is 7. The van der Waals surface area contributed by atoms with Gasteiger partial charge in [-0.15, -0.1) is 11.3 Å². The van der Waals surface area contributed by atoms with Gasteiger partial charge in [0.25, 0.3) is 11.8 Å². The average Bonchev–Trinajstić information content (AvgIpc) is 3.29. The van der Waals surface area contributed by atoms with Gasteiger partial charge in [0.1, 0.15) is 27.7 Å². The minimum Gasteiger partial charge on any atom is -0.342 e. The molecule has 0 saturated heterocycles. The number of rotatable bonds is 5. The van der Waals surface area contributed by atoms with Crippen LogP contribution in [0.25, 0.3) is 0 Å². The van der Waals surface area contributed by atoms with Crippen LogP contribution < -0.4 is 16.0 Å². The molecule has 0 fully saturated rings. The minimum atomic E-state index is -0.438. The van der Waals surface area contributed by atoms with Crippen LogP contribution in [0.4, 0.5) is 11.5 Å². The Morgan fingerprint density at radius 3 is 2.68 bits per heavy atom. The molecule has 4 rings (SSSR count). The maximum atomic E-state index is 12.9. The standard InChI is InChI=1S/C24H26N6O3S/c1-13(28-22(33)19-16-8-9-18(31)30-20(16)27-12-26-19)23-25-11-17(34-23)21(32)29-15-7-5-6-14(10-15)24(2,3)4/h5-7,10-13H,8-9H2,1-4H3,(H,28,33)(H,29,32)(H,26,27,30,31)/t13-/m1/s1. The third kappa shape index (κ3) is 5.12. The molecule has 9 nitrogen and oxygen atoms in total. The Hall–Kier alpha value is -3.66. The summed E-state index contributed by atoms with van der Waals surface area (Å²) in [5, 5.41) is 9.05. The number of carbonyl (C=O) groups excluding carboxylic acids is 3. The highest BCUT2D eigenvalue weighted by Crippen LogP contribution is 2.27. The molecule has 1 aromatic carbocycles. The molecule has 0 spiro atoms. The van der Waals surface area contributed by atoms with Gasteiger partial charge in [-0.05, 0) is 36.5 Å². The minimum absolute atomic E-state index is 0.0272. The summed E-state index contributed by atoms with van der Waals surface area (Å²) in [7, 11) is 0. The number of carbonyl (C=O) groups is 3. The van der Waals surface area contributed by atoms with Crippen molar-refractivity contribution in [2.75, 3.05) is 10.6 Å². The van der Waals surface area contributed by atoms with Crippen molar-refractivity contribution in [1.82, 2.24) is 20.3 Å². The molecule has 0 aliphatic carbocycles. The first-order chi connectivity index (χ1) is 16.1. The van der Waals surface area contributed by atoms with E-state index in [2.05, 4.69) is 51.7 Å². The molecule has 1 aliphatic heterocycles. The van der Waals surface area contributed by atoms with Crippen LogP contribution in [0.3, 0.4) is 0 Å². The number of amides is 3. The largest absolute Gasteiger partial charge is 0.342 e. The zero-order valence-electron chi connectivity index (χ0n) is 19.4. The van der Waals surface area contributed by atoms with Crippen LogP contribution >= 0.6 is 11.3 Å². The number of thiazole rings is 1. The van der Waals surface area contributed by atoms with Crippen LogP contribution in [0.5, 0.6) is 0 Å². The number of nitrogens with zero attached hydrogens (tertiary/aromatic N) is 3. The van der Waals surface area contributed by atoms with E-state index in [9.17, 15) is 14.4 Å². The average molecular weight is 479 g/mol. The summed E-state index contributed by atoms with van der Waals surface area (Å²) in [4.78, 5) is 50.2. The zero-order valence-corrected chi connectivity index (χ0v) is 20.2. The lowest BCUT2D eigenvalue weighted by atomic mass is 9.87. The Bertz CT molecular complexity index is 1260. The van der Waals surface area contributed by atoms with Gasteiger partial charge in [0.2, 0.25) is 5.91 Å². The van der Waals surface area contributed by atoms with E-state index in [-0.39, 0.29) is 35.3 Å². The molecule has 176 valence electrons. The fourth-order valence-electron chi connectivity index (χ4n) is 3.56. The predicted octanol–water partition coefficient (Wildman–Crippen LogP) is 3.86. The SMILES string of the molecule is C[C@@H](NC(=O)c1ncnc2c1CCC(=O)N2)c1ncc(C(=O)Nc2cccc(C(C)(C)C)c2)s1. The monoisotopic (exact) mass is 478 g/mol. The molecular weight excluding hydrogens is 452 g/mol. The van der Waals surface area contributed by atoms with Crippen molar-refractivity contribution in [2.45, 2.75) is 52.0 Å². The molecule has 0 radical (unpaired) electrons. The van der Waals surface area contributed by atoms with E-state index in [0.29, 0.717) is 33.4 Å². The first kappa shape index (κ1) is 23.5. The van der Waals surface area contributed by atoms with Gasteiger partial charge in [-0.25, -0.2) is 15.0 Å². The second kappa shape index (κ2) is 9.30. The van der Waals surface area contributed by atoms with E-state index >= 15 is 0 Å². The third-order valence-electron chi connectivity index (χ3n) is 5.47. The number of fused-ring (bicyclic) bond motifs is 1. The Labute approximate surface area is 201 Å². The molecule has 0 bridgehead atoms. The van der Waals surface area contributed by atoms with E-state index in [1.165, 1.54) is 23.9 Å². The number of aromatic nitrogens is 3. The second-order valence-corrected chi connectivity index (χ2v) is 10.2. The first-order valence-electron chi connectivity index (χ1n) is 10.9. The highest BCUT2D eigenvalue weighted by atomic mass is 32.1. The molecule has 2 aromatic heterocycles. The van der Waals surface area contributed by atoms with E-state index < -0.39 is 6.04 Å². The Balaban J connectivity index is 1.43. The van der Waals surface area contributed by atoms with Gasteiger partial charge in [-0.1, -0.05) is 32.9 Å². The van der Waals surface area contributed by atoms with Crippen LogP contribution in [0.15, 0.2) is 36.8 Å². The summed E-state index contributed by atoms with van der Waals surface area (Å²) in [6.07, 6.45) is 3.44. The summed E-state index contributed by atoms with van der Waals surface area (Å²) in [6.45, 7) is 8.14. The topological polar surface area (TPSA) is 126 Å². The van der Waals surface area contributed by atoms with Gasteiger partial charge in [-0.3, -0.25) is 14.4 Å². The summed E-state index contributed by atoms with van der Waals surface area (Å²) in [5.74, 6) is -0.408. The molecule has 0 saturated carbocycles. The van der Waals surface area contributed by atoms with Crippen molar-refractivity contribution in [2.24, 2.45) is 0 Å². The number of anilines is 2. The van der Waals surface area contributed by atoms with E-state index in [1.807, 2.05) is 24.3 Å². The lowest BCUT2D eigenvalue weighted by Crippen LogP contribution is -2.30. The Morgan fingerprint density at radius 2 is 1.91 bits per heavy atom. The van der Waals surface area contributed by atoms with Crippen molar-refractivity contribution >= 4 is 40.6 Å². The Kier molecular flexibility index (Phi) is 6.43. The van der Waals surface area contributed by atoms with E-state index in [4.69, 9.17) is 0 Å². The van der Waals surface area contributed by atoms with E-state index in [1.54, 1.807) is 6.92 Å². The summed E-state index contributed by atoms with van der Waals surface area (Å²) < 4.78 is 0. The van der Waals surface area contributed by atoms with Crippen LogP contribution in [0.1, 0.15) is 76.5 Å². The van der Waals surface area contributed by atoms with Gasteiger partial charge >= 0.3 is 0 Å². The number of nitrogens with one attached hydrogen (secondary N) is 3. The molecule has 3 heterocycles. The summed E-state index contributed by atoms with van der Waals surface area (Å²) in [6, 6.07) is 7.33. The van der Waals surface area contributed by atoms with Gasteiger partial charge in [-0.2, -0.15) is 0 Å². The molecule has 3 amide bonds. The maximum absolute atomic E-state index is 12.9. The van der Waals surface area contributed by atoms with Gasteiger partial charge in [0.05, 0.1) is 12.2 Å². The fraction of sp³-hybridized carbons (Fsp3) is 0.333. The van der Waals surface area contributed by atoms with Gasteiger partial charge < -0.3 is 16.0 Å². The smallest absolute Gasteiger partial charge is 0.270 e. The van der Waals surface area contributed by atoms with Crippen LogP contribution in [0.2, 0.25) is 0 Å². The lowest BCUT2D eigenvalue weighted by Gasteiger charge is -2.19. The number of benzene rings is 1. The van der Waals surface area contributed by atoms with Gasteiger partial charge in [0, 0.05) is 17.7 Å². The van der Waals surface area contributed by atoms with Crippen molar-refractivity contribution < 1.29 is 14.4 Å². The van der Waals surface area contributed by atoms with Crippen LogP contribution in [0, 0.1) is 0 Å². The van der Waals surface area contributed by atoms with Crippen LogP contribution in [-0.2, 0) is 16.6 Å². The first-order valence-corrected chi connectivity index (χ1v) is 11.8. The third-order valence-corrected chi connectivity index (χ3v) is 6.65. The second-order valence-electron chi connectivity index (χ2n) is 9.14. The maximum Gasteiger partial charge on any atom is 0.270 e. The van der Waals surface area contributed by atoms with Crippen LogP contribution in [-0.4, -0.2) is 32.7 Å². The van der Waals surface area contributed by atoms with Gasteiger partial charge in [0.15, 0.2) is 0 Å². The van der Waals surface area contributed by atoms with Crippen molar-refractivity contribution in [3.05, 3.63) is 63.5 Å². The molecule has 1 aliphatic rings. The fourth-order valence-corrected chi connectivity index (χ4v) is 4.38. The quantitative estimate of drug-likeness (QED) is 0.511. The number of hydrogen-bond donors (Lipinski definition) is 3. The molecule has 0 unspecified atom stereocenters. The molecule has 3 aromatic rings. The van der Waals surface area contributed by atoms with Crippen molar-refractivity contribution in [1.29, 1.82) is 0 Å². The molecule has 3 N–H and O–H groups in total. The normalized spacial score (nSPS) is 14.1. The van der Waals surface area contributed by atoms with Crippen molar-refractivity contribution in [3.63, 3.8) is 0 Å². The molecule has 34 heavy (non-hydrogen) atoms. The molecule has 10 heteroatoms. The highest BCUT2D eigenvalue weighted by Gasteiger charge is 2.25. The van der Waals surface area contributed by atoms with E-state index in [0.717, 1.165) is 5.56 Å². The molecule has 1 atom stereocenters. The summed E-state index contributed by atoms with van der Waals surface area (Å²) in [5.41, 5.74) is 2.65. The Morgan fingerprint density at radius 1 is 1.12 bits per heavy atom. The predicted molar refractivity (Wildman–Crippen MR) is 130 cm³/mol. The summed E-state index contributed by atoms with van der Waals surface area (Å²) >= 11 is 1.22.